The zero-order valence-corrected chi connectivity index (χ0v) is 9.70. The summed E-state index contributed by atoms with van der Waals surface area (Å²) in [6.07, 6.45) is 3.85. The summed E-state index contributed by atoms with van der Waals surface area (Å²) < 4.78 is 1.68. The zero-order valence-electron chi connectivity index (χ0n) is 8.88. The van der Waals surface area contributed by atoms with Gasteiger partial charge in [-0.2, -0.15) is 5.10 Å². The van der Waals surface area contributed by atoms with E-state index in [2.05, 4.69) is 10.1 Å². The van der Waals surface area contributed by atoms with Gasteiger partial charge in [0.15, 0.2) is 5.78 Å². The van der Waals surface area contributed by atoms with Crippen LogP contribution in [-0.4, -0.2) is 20.5 Å². The van der Waals surface area contributed by atoms with Gasteiger partial charge in [-0.3, -0.25) is 9.48 Å². The minimum absolute atomic E-state index is 0.00366. The fraction of sp³-hybridized carbons (Fsp3) is 0.300. The largest absolute Gasteiger partial charge is 0.325 e. The molecule has 16 heavy (non-hydrogen) atoms. The second-order valence-electron chi connectivity index (χ2n) is 3.45. The summed E-state index contributed by atoms with van der Waals surface area (Å²) in [5, 5.41) is 6.55. The van der Waals surface area contributed by atoms with Gasteiger partial charge < -0.3 is 5.73 Å². The number of hydrogen-bond donors (Lipinski definition) is 1. The summed E-state index contributed by atoms with van der Waals surface area (Å²) in [6.45, 7) is 0.380. The second-order valence-corrected chi connectivity index (χ2v) is 4.40. The fourth-order valence-corrected chi connectivity index (χ4v) is 2.05. The molecule has 5 nitrogen and oxygen atoms in total. The summed E-state index contributed by atoms with van der Waals surface area (Å²) in [4.78, 5) is 16.0. The number of hydrogen-bond acceptors (Lipinski definition) is 5. The standard InChI is InChI=1S/C10H12N4OS/c1-14-5-7(4-12-14)2-9(15)8-6-16-10(3-11)13-8/h4-6H,2-3,11H2,1H3. The molecule has 0 aliphatic heterocycles. The van der Waals surface area contributed by atoms with E-state index in [9.17, 15) is 4.79 Å². The minimum atomic E-state index is 0.00366. The first-order chi connectivity index (χ1) is 7.69. The molecule has 84 valence electrons. The molecule has 6 heteroatoms. The first-order valence-corrected chi connectivity index (χ1v) is 5.72. The predicted molar refractivity (Wildman–Crippen MR) is 61.2 cm³/mol. The molecule has 0 unspecified atom stereocenters. The van der Waals surface area contributed by atoms with Crippen LogP contribution in [0.25, 0.3) is 0 Å². The molecule has 0 aliphatic rings. The number of nitrogens with two attached hydrogens (primary N) is 1. The Labute approximate surface area is 96.9 Å². The van der Waals surface area contributed by atoms with Crippen molar-refractivity contribution in [2.45, 2.75) is 13.0 Å². The molecule has 0 aliphatic carbocycles. The highest BCUT2D eigenvalue weighted by molar-refractivity contribution is 7.09. The average molecular weight is 236 g/mol. The summed E-state index contributed by atoms with van der Waals surface area (Å²) in [5.41, 5.74) is 6.84. The maximum absolute atomic E-state index is 11.8. The molecule has 0 spiro atoms. The van der Waals surface area contributed by atoms with Gasteiger partial charge in [-0.1, -0.05) is 0 Å². The molecule has 0 saturated heterocycles. The van der Waals surface area contributed by atoms with Crippen LogP contribution in [0.2, 0.25) is 0 Å². The third-order valence-electron chi connectivity index (χ3n) is 2.14. The number of rotatable bonds is 4. The van der Waals surface area contributed by atoms with Gasteiger partial charge in [0.2, 0.25) is 0 Å². The van der Waals surface area contributed by atoms with Crippen molar-refractivity contribution in [1.82, 2.24) is 14.8 Å². The van der Waals surface area contributed by atoms with E-state index in [1.807, 2.05) is 13.2 Å². The summed E-state index contributed by atoms with van der Waals surface area (Å²) in [5.74, 6) is 0.00366. The van der Waals surface area contributed by atoms with Crippen LogP contribution in [0.15, 0.2) is 17.8 Å². The topological polar surface area (TPSA) is 73.8 Å². The zero-order chi connectivity index (χ0) is 11.5. The molecule has 0 atom stereocenters. The molecule has 0 amide bonds. The Morgan fingerprint density at radius 2 is 2.44 bits per heavy atom. The first-order valence-electron chi connectivity index (χ1n) is 4.84. The lowest BCUT2D eigenvalue weighted by Crippen LogP contribution is -2.04. The van der Waals surface area contributed by atoms with Gasteiger partial charge >= 0.3 is 0 Å². The number of aryl methyl sites for hydroxylation is 1. The van der Waals surface area contributed by atoms with Crippen molar-refractivity contribution in [1.29, 1.82) is 0 Å². The molecular weight excluding hydrogens is 224 g/mol. The van der Waals surface area contributed by atoms with Gasteiger partial charge in [-0.25, -0.2) is 4.98 Å². The molecule has 2 aromatic rings. The Morgan fingerprint density at radius 1 is 1.62 bits per heavy atom. The summed E-state index contributed by atoms with van der Waals surface area (Å²) in [7, 11) is 1.82. The number of thiazole rings is 1. The van der Waals surface area contributed by atoms with Crippen molar-refractivity contribution in [3.8, 4) is 0 Å². The Kier molecular flexibility index (Phi) is 3.12. The number of ketones is 1. The Morgan fingerprint density at radius 3 is 3.00 bits per heavy atom. The third-order valence-corrected chi connectivity index (χ3v) is 3.01. The van der Waals surface area contributed by atoms with Crippen LogP contribution >= 0.6 is 11.3 Å². The van der Waals surface area contributed by atoms with E-state index in [1.165, 1.54) is 11.3 Å². The lowest BCUT2D eigenvalue weighted by molar-refractivity contribution is 0.0988. The average Bonchev–Trinajstić information content (AvgIpc) is 2.87. The molecule has 0 aromatic carbocycles. The molecule has 0 radical (unpaired) electrons. The monoisotopic (exact) mass is 236 g/mol. The van der Waals surface area contributed by atoms with Gasteiger partial charge in [-0.15, -0.1) is 11.3 Å². The van der Waals surface area contributed by atoms with Gasteiger partial charge in [0.25, 0.3) is 0 Å². The van der Waals surface area contributed by atoms with Gasteiger partial charge in [0.05, 0.1) is 6.20 Å². The number of carbonyl (C=O) groups is 1. The highest BCUT2D eigenvalue weighted by atomic mass is 32.1. The molecule has 2 N–H and O–H groups in total. The SMILES string of the molecule is Cn1cc(CC(=O)c2csc(CN)n2)cn1. The number of carbonyl (C=O) groups excluding carboxylic acids is 1. The maximum atomic E-state index is 11.8. The van der Waals surface area contributed by atoms with Gasteiger partial charge in [0.1, 0.15) is 10.7 Å². The molecule has 0 saturated carbocycles. The van der Waals surface area contributed by atoms with Crippen LogP contribution in [0.3, 0.4) is 0 Å². The van der Waals surface area contributed by atoms with E-state index in [0.29, 0.717) is 18.7 Å². The molecular formula is C10H12N4OS. The van der Waals surface area contributed by atoms with Crippen LogP contribution in [0.4, 0.5) is 0 Å². The summed E-state index contributed by atoms with van der Waals surface area (Å²) in [6, 6.07) is 0. The highest BCUT2D eigenvalue weighted by Crippen LogP contribution is 2.11. The van der Waals surface area contributed by atoms with Crippen molar-refractivity contribution in [3.63, 3.8) is 0 Å². The van der Waals surface area contributed by atoms with Crippen LogP contribution < -0.4 is 5.73 Å². The van der Waals surface area contributed by atoms with Crippen molar-refractivity contribution < 1.29 is 4.79 Å². The van der Waals surface area contributed by atoms with Crippen LogP contribution in [0.5, 0.6) is 0 Å². The van der Waals surface area contributed by atoms with E-state index in [0.717, 1.165) is 10.6 Å². The van der Waals surface area contributed by atoms with E-state index >= 15 is 0 Å². The molecule has 2 heterocycles. The highest BCUT2D eigenvalue weighted by Gasteiger charge is 2.11. The van der Waals surface area contributed by atoms with Gasteiger partial charge in [0, 0.05) is 31.6 Å². The van der Waals surface area contributed by atoms with Crippen molar-refractivity contribution >= 4 is 17.1 Å². The smallest absolute Gasteiger partial charge is 0.186 e. The van der Waals surface area contributed by atoms with Gasteiger partial charge in [-0.05, 0) is 5.56 Å². The van der Waals surface area contributed by atoms with E-state index in [4.69, 9.17) is 5.73 Å². The lowest BCUT2D eigenvalue weighted by atomic mass is 10.1. The van der Waals surface area contributed by atoms with Crippen molar-refractivity contribution in [2.75, 3.05) is 0 Å². The molecule has 2 rings (SSSR count). The van der Waals surface area contributed by atoms with Crippen LogP contribution in [0, 0.1) is 0 Å². The lowest BCUT2D eigenvalue weighted by Gasteiger charge is -1.93. The summed E-state index contributed by atoms with van der Waals surface area (Å²) >= 11 is 1.42. The maximum Gasteiger partial charge on any atom is 0.186 e. The Bertz CT molecular complexity index is 502. The number of nitrogens with zero attached hydrogens (tertiary/aromatic N) is 3. The Balaban J connectivity index is 2.08. The normalized spacial score (nSPS) is 10.6. The number of aromatic nitrogens is 3. The van der Waals surface area contributed by atoms with Crippen molar-refractivity contribution in [2.24, 2.45) is 12.8 Å². The van der Waals surface area contributed by atoms with Crippen LogP contribution in [-0.2, 0) is 20.0 Å². The predicted octanol–water partition coefficient (Wildman–Crippen LogP) is 0.761. The third kappa shape index (κ3) is 2.34. The quantitative estimate of drug-likeness (QED) is 0.795. The van der Waals surface area contributed by atoms with Crippen LogP contribution in [0.1, 0.15) is 21.1 Å². The minimum Gasteiger partial charge on any atom is -0.325 e. The van der Waals surface area contributed by atoms with E-state index in [-0.39, 0.29) is 5.78 Å². The fourth-order valence-electron chi connectivity index (χ4n) is 1.37. The number of Topliss-reactive ketones (excluding diaryl/α,β-unsaturated/α-hetero) is 1. The Hall–Kier alpha value is -1.53. The molecule has 0 fully saturated rings. The first kappa shape index (κ1) is 11.0. The molecule has 0 bridgehead atoms. The van der Waals surface area contributed by atoms with Crippen molar-refractivity contribution in [3.05, 3.63) is 34.0 Å². The van der Waals surface area contributed by atoms with E-state index in [1.54, 1.807) is 16.3 Å². The molecule has 2 aromatic heterocycles. The van der Waals surface area contributed by atoms with E-state index < -0.39 is 0 Å². The second kappa shape index (κ2) is 4.54.